The van der Waals surface area contributed by atoms with Crippen LogP contribution in [0.2, 0.25) is 0 Å². The predicted octanol–water partition coefficient (Wildman–Crippen LogP) is 2.23. The number of fused-ring (bicyclic) bond motifs is 1. The number of carboxylic acids is 1. The van der Waals surface area contributed by atoms with Crippen LogP contribution in [-0.2, 0) is 11.2 Å². The highest BCUT2D eigenvalue weighted by Crippen LogP contribution is 2.27. The molecule has 0 radical (unpaired) electrons. The van der Waals surface area contributed by atoms with Crippen molar-refractivity contribution in [3.05, 3.63) is 29.3 Å². The van der Waals surface area contributed by atoms with Gasteiger partial charge in [-0.25, -0.2) is 0 Å². The zero-order valence-electron chi connectivity index (χ0n) is 8.79. The van der Waals surface area contributed by atoms with Gasteiger partial charge in [0, 0.05) is 12.2 Å². The highest BCUT2D eigenvalue weighted by molar-refractivity contribution is 5.68. The van der Waals surface area contributed by atoms with E-state index in [2.05, 4.69) is 17.4 Å². The van der Waals surface area contributed by atoms with E-state index in [0.717, 1.165) is 18.5 Å². The summed E-state index contributed by atoms with van der Waals surface area (Å²) in [4.78, 5) is 10.6. The minimum Gasteiger partial charge on any atom is -0.481 e. The number of hydrogen-bond donors (Lipinski definition) is 2. The summed E-state index contributed by atoms with van der Waals surface area (Å²) in [5.74, 6) is -0.644. The lowest BCUT2D eigenvalue weighted by molar-refractivity contribution is -0.137. The molecule has 0 aliphatic carbocycles. The van der Waals surface area contributed by atoms with Crippen LogP contribution < -0.4 is 5.32 Å². The van der Waals surface area contributed by atoms with E-state index in [0.29, 0.717) is 0 Å². The molecule has 0 saturated carbocycles. The fourth-order valence-electron chi connectivity index (χ4n) is 2.01. The summed E-state index contributed by atoms with van der Waals surface area (Å²) in [6, 6.07) is 6.20. The van der Waals surface area contributed by atoms with Gasteiger partial charge in [0.25, 0.3) is 0 Å². The number of benzene rings is 1. The second-order valence-electron chi connectivity index (χ2n) is 4.09. The Morgan fingerprint density at radius 1 is 1.60 bits per heavy atom. The number of carboxylic acid groups (broad SMARTS) is 1. The monoisotopic (exact) mass is 205 g/mol. The van der Waals surface area contributed by atoms with E-state index >= 15 is 0 Å². The maximum absolute atomic E-state index is 10.6. The van der Waals surface area contributed by atoms with Gasteiger partial charge in [-0.3, -0.25) is 4.79 Å². The van der Waals surface area contributed by atoms with Gasteiger partial charge in [-0.1, -0.05) is 19.1 Å². The molecule has 0 saturated heterocycles. The SMILES string of the molecule is C[C@@H](CC(=O)O)c1ccc2c(c1)CCN2. The first-order valence-corrected chi connectivity index (χ1v) is 5.25. The van der Waals surface area contributed by atoms with Gasteiger partial charge in [0.2, 0.25) is 0 Å². The zero-order valence-corrected chi connectivity index (χ0v) is 8.79. The van der Waals surface area contributed by atoms with Crippen LogP contribution in [0.4, 0.5) is 5.69 Å². The minimum absolute atomic E-state index is 0.0911. The Kier molecular flexibility index (Phi) is 2.62. The van der Waals surface area contributed by atoms with Gasteiger partial charge in [0.05, 0.1) is 6.42 Å². The van der Waals surface area contributed by atoms with Gasteiger partial charge in [0.1, 0.15) is 0 Å². The summed E-state index contributed by atoms with van der Waals surface area (Å²) in [6.07, 6.45) is 1.25. The van der Waals surface area contributed by atoms with E-state index in [1.54, 1.807) is 0 Å². The Morgan fingerprint density at radius 2 is 2.40 bits per heavy atom. The fraction of sp³-hybridized carbons (Fsp3) is 0.417. The van der Waals surface area contributed by atoms with Crippen LogP contribution in [0.5, 0.6) is 0 Å². The van der Waals surface area contributed by atoms with Crippen LogP contribution in [0.25, 0.3) is 0 Å². The van der Waals surface area contributed by atoms with Gasteiger partial charge >= 0.3 is 5.97 Å². The molecule has 1 aromatic rings. The Balaban J connectivity index is 2.19. The summed E-state index contributed by atoms with van der Waals surface area (Å²) in [5.41, 5.74) is 3.63. The maximum atomic E-state index is 10.6. The average molecular weight is 205 g/mol. The van der Waals surface area contributed by atoms with Crippen LogP contribution in [0.1, 0.15) is 30.4 Å². The van der Waals surface area contributed by atoms with E-state index in [1.165, 1.54) is 11.3 Å². The van der Waals surface area contributed by atoms with Crippen LogP contribution in [-0.4, -0.2) is 17.6 Å². The van der Waals surface area contributed by atoms with E-state index in [-0.39, 0.29) is 12.3 Å². The molecule has 1 aliphatic heterocycles. The largest absolute Gasteiger partial charge is 0.481 e. The lowest BCUT2D eigenvalue weighted by Gasteiger charge is -2.10. The molecular formula is C12H15NO2. The molecule has 1 aliphatic rings. The van der Waals surface area contributed by atoms with Crippen molar-refractivity contribution in [1.82, 2.24) is 0 Å². The number of hydrogen-bond acceptors (Lipinski definition) is 2. The summed E-state index contributed by atoms with van der Waals surface area (Å²) in [5, 5.41) is 12.0. The highest BCUT2D eigenvalue weighted by atomic mass is 16.4. The van der Waals surface area contributed by atoms with E-state index in [4.69, 9.17) is 5.11 Å². The quantitative estimate of drug-likeness (QED) is 0.795. The van der Waals surface area contributed by atoms with E-state index in [1.807, 2.05) is 13.0 Å². The molecule has 15 heavy (non-hydrogen) atoms. The third kappa shape index (κ3) is 2.12. The first kappa shape index (κ1) is 10.0. The predicted molar refractivity (Wildman–Crippen MR) is 59.3 cm³/mol. The highest BCUT2D eigenvalue weighted by Gasteiger charge is 2.14. The van der Waals surface area contributed by atoms with Gasteiger partial charge in [-0.05, 0) is 29.5 Å². The van der Waals surface area contributed by atoms with Gasteiger partial charge in [-0.2, -0.15) is 0 Å². The van der Waals surface area contributed by atoms with Crippen LogP contribution >= 0.6 is 0 Å². The van der Waals surface area contributed by atoms with Crippen LogP contribution in [0, 0.1) is 0 Å². The number of anilines is 1. The summed E-state index contributed by atoms with van der Waals surface area (Å²) in [7, 11) is 0. The van der Waals surface area contributed by atoms with Crippen LogP contribution in [0.15, 0.2) is 18.2 Å². The summed E-state index contributed by atoms with van der Waals surface area (Å²) >= 11 is 0. The molecule has 0 unspecified atom stereocenters. The van der Waals surface area contributed by atoms with Gasteiger partial charge in [-0.15, -0.1) is 0 Å². The molecule has 0 spiro atoms. The normalized spacial score (nSPS) is 15.5. The molecule has 0 amide bonds. The summed E-state index contributed by atoms with van der Waals surface area (Å²) < 4.78 is 0. The fourth-order valence-corrected chi connectivity index (χ4v) is 2.01. The molecule has 0 fully saturated rings. The molecule has 2 N–H and O–H groups in total. The van der Waals surface area contributed by atoms with Crippen molar-refractivity contribution in [3.8, 4) is 0 Å². The third-order valence-corrected chi connectivity index (χ3v) is 2.89. The standard InChI is InChI=1S/C12H15NO2/c1-8(6-12(14)15)9-2-3-11-10(7-9)4-5-13-11/h2-3,7-8,13H,4-6H2,1H3,(H,14,15)/t8-/m0/s1. The molecule has 1 aromatic carbocycles. The molecule has 1 heterocycles. The molecule has 0 bridgehead atoms. The lowest BCUT2D eigenvalue weighted by Crippen LogP contribution is -2.03. The smallest absolute Gasteiger partial charge is 0.303 e. The number of nitrogens with one attached hydrogen (secondary N) is 1. The Labute approximate surface area is 89.1 Å². The Morgan fingerprint density at radius 3 is 3.13 bits per heavy atom. The van der Waals surface area contributed by atoms with Crippen molar-refractivity contribution in [1.29, 1.82) is 0 Å². The average Bonchev–Trinajstić information content (AvgIpc) is 2.62. The number of aliphatic carboxylic acids is 1. The van der Waals surface area contributed by atoms with Crippen molar-refractivity contribution in [3.63, 3.8) is 0 Å². The first-order chi connectivity index (χ1) is 7.16. The van der Waals surface area contributed by atoms with Crippen molar-refractivity contribution >= 4 is 11.7 Å². The molecular weight excluding hydrogens is 190 g/mol. The molecule has 1 atom stereocenters. The van der Waals surface area contributed by atoms with Crippen LogP contribution in [0.3, 0.4) is 0 Å². The first-order valence-electron chi connectivity index (χ1n) is 5.25. The van der Waals surface area contributed by atoms with Gasteiger partial charge in [0.15, 0.2) is 0 Å². The van der Waals surface area contributed by atoms with Crippen molar-refractivity contribution in [2.45, 2.75) is 25.7 Å². The topological polar surface area (TPSA) is 49.3 Å². The van der Waals surface area contributed by atoms with E-state index < -0.39 is 5.97 Å². The van der Waals surface area contributed by atoms with E-state index in [9.17, 15) is 4.79 Å². The van der Waals surface area contributed by atoms with Crippen molar-refractivity contribution in [2.75, 3.05) is 11.9 Å². The third-order valence-electron chi connectivity index (χ3n) is 2.89. The number of rotatable bonds is 3. The maximum Gasteiger partial charge on any atom is 0.303 e. The van der Waals surface area contributed by atoms with Crippen molar-refractivity contribution < 1.29 is 9.90 Å². The Hall–Kier alpha value is -1.51. The molecule has 3 nitrogen and oxygen atoms in total. The molecule has 2 rings (SSSR count). The minimum atomic E-state index is -0.735. The lowest BCUT2D eigenvalue weighted by atomic mass is 9.95. The second kappa shape index (κ2) is 3.93. The van der Waals surface area contributed by atoms with Crippen molar-refractivity contribution in [2.24, 2.45) is 0 Å². The molecule has 80 valence electrons. The molecule has 0 aromatic heterocycles. The summed E-state index contributed by atoms with van der Waals surface area (Å²) in [6.45, 7) is 2.95. The number of carbonyl (C=O) groups is 1. The molecule has 3 heteroatoms. The Bertz CT molecular complexity index is 387. The second-order valence-corrected chi connectivity index (χ2v) is 4.09. The van der Waals surface area contributed by atoms with Gasteiger partial charge < -0.3 is 10.4 Å². The zero-order chi connectivity index (χ0) is 10.8.